The van der Waals surface area contributed by atoms with Crippen molar-refractivity contribution < 1.29 is 14.7 Å². The van der Waals surface area contributed by atoms with Crippen molar-refractivity contribution in [2.75, 3.05) is 42.9 Å². The molecule has 0 spiro atoms. The highest BCUT2D eigenvalue weighted by atomic mass is 16.3. The van der Waals surface area contributed by atoms with Gasteiger partial charge in [0.25, 0.3) is 5.91 Å². The Hall–Kier alpha value is -3.84. The van der Waals surface area contributed by atoms with E-state index in [4.69, 9.17) is 0 Å². The molecule has 1 aliphatic rings. The van der Waals surface area contributed by atoms with E-state index in [1.165, 1.54) is 0 Å². The fraction of sp³-hybridized carbons (Fsp3) is 0.231. The first kappa shape index (κ1) is 22.4. The first-order chi connectivity index (χ1) is 16.1. The van der Waals surface area contributed by atoms with Crippen LogP contribution in [0.4, 0.5) is 11.4 Å². The highest BCUT2D eigenvalue weighted by molar-refractivity contribution is 6.04. The van der Waals surface area contributed by atoms with Crippen LogP contribution in [-0.2, 0) is 11.3 Å². The second-order valence-electron chi connectivity index (χ2n) is 8.04. The Labute approximate surface area is 193 Å². The van der Waals surface area contributed by atoms with Gasteiger partial charge in [0, 0.05) is 38.4 Å². The quantitative estimate of drug-likeness (QED) is 0.522. The summed E-state index contributed by atoms with van der Waals surface area (Å²) >= 11 is 0. The predicted octanol–water partition coefficient (Wildman–Crippen LogP) is 3.08. The molecule has 1 heterocycles. The Kier molecular flexibility index (Phi) is 7.22. The molecule has 0 saturated carbocycles. The number of hydrogen-bond acceptors (Lipinski definition) is 5. The van der Waals surface area contributed by atoms with E-state index in [1.54, 1.807) is 36.4 Å². The first-order valence-electron chi connectivity index (χ1n) is 11.1. The minimum absolute atomic E-state index is 0.142. The van der Waals surface area contributed by atoms with Gasteiger partial charge in [0.1, 0.15) is 5.75 Å². The number of rotatable bonds is 7. The number of carbonyl (C=O) groups excluding carboxylic acids is 2. The van der Waals surface area contributed by atoms with Gasteiger partial charge in [0.2, 0.25) is 5.91 Å². The van der Waals surface area contributed by atoms with Crippen molar-refractivity contribution in [1.29, 1.82) is 0 Å². The maximum Gasteiger partial charge on any atom is 0.253 e. The summed E-state index contributed by atoms with van der Waals surface area (Å²) in [6.45, 7) is 3.81. The molecule has 2 amide bonds. The van der Waals surface area contributed by atoms with Crippen LogP contribution in [0.3, 0.4) is 0 Å². The van der Waals surface area contributed by atoms with Crippen molar-refractivity contribution in [2.45, 2.75) is 6.54 Å². The molecular weight excluding hydrogens is 416 g/mol. The molecule has 3 N–H and O–H groups in total. The van der Waals surface area contributed by atoms with Crippen LogP contribution in [0.5, 0.6) is 5.75 Å². The summed E-state index contributed by atoms with van der Waals surface area (Å²) < 4.78 is 0. The van der Waals surface area contributed by atoms with Gasteiger partial charge >= 0.3 is 0 Å². The smallest absolute Gasteiger partial charge is 0.253 e. The summed E-state index contributed by atoms with van der Waals surface area (Å²) in [4.78, 5) is 29.7. The normalized spacial score (nSPS) is 14.0. The molecule has 7 heteroatoms. The van der Waals surface area contributed by atoms with Gasteiger partial charge in [-0.05, 0) is 42.0 Å². The topological polar surface area (TPSA) is 84.9 Å². The number of para-hydroxylation sites is 1. The van der Waals surface area contributed by atoms with Gasteiger partial charge in [-0.25, -0.2) is 0 Å². The lowest BCUT2D eigenvalue weighted by Gasteiger charge is -2.35. The summed E-state index contributed by atoms with van der Waals surface area (Å²) in [5.74, 6) is -0.114. The maximum absolute atomic E-state index is 12.7. The highest BCUT2D eigenvalue weighted by Crippen LogP contribution is 2.20. The molecule has 0 atom stereocenters. The van der Waals surface area contributed by atoms with Crippen LogP contribution in [0.15, 0.2) is 78.9 Å². The molecule has 1 saturated heterocycles. The van der Waals surface area contributed by atoms with Crippen LogP contribution in [0, 0.1) is 0 Å². The van der Waals surface area contributed by atoms with Gasteiger partial charge in [-0.2, -0.15) is 0 Å². The Balaban J connectivity index is 1.29. The Bertz CT molecular complexity index is 1080. The van der Waals surface area contributed by atoms with Crippen molar-refractivity contribution >= 4 is 23.2 Å². The number of carbonyl (C=O) groups is 2. The molecule has 4 rings (SSSR count). The second kappa shape index (κ2) is 10.7. The van der Waals surface area contributed by atoms with Gasteiger partial charge in [-0.3, -0.25) is 14.5 Å². The van der Waals surface area contributed by atoms with E-state index in [-0.39, 0.29) is 24.1 Å². The van der Waals surface area contributed by atoms with Crippen molar-refractivity contribution in [2.24, 2.45) is 0 Å². The summed E-state index contributed by atoms with van der Waals surface area (Å²) in [6, 6.07) is 23.9. The minimum Gasteiger partial charge on any atom is -0.508 e. The van der Waals surface area contributed by atoms with Crippen molar-refractivity contribution in [1.82, 2.24) is 10.2 Å². The molecule has 3 aromatic carbocycles. The zero-order chi connectivity index (χ0) is 23.0. The lowest BCUT2D eigenvalue weighted by molar-refractivity contribution is -0.117. The van der Waals surface area contributed by atoms with E-state index in [1.807, 2.05) is 42.5 Å². The minimum atomic E-state index is -0.225. The molecule has 3 aromatic rings. The van der Waals surface area contributed by atoms with E-state index < -0.39 is 0 Å². The molecule has 0 aliphatic carbocycles. The maximum atomic E-state index is 12.7. The van der Waals surface area contributed by atoms with Gasteiger partial charge in [-0.1, -0.05) is 42.5 Å². The number of nitrogens with one attached hydrogen (secondary N) is 2. The number of amides is 2. The van der Waals surface area contributed by atoms with Gasteiger partial charge in [0.05, 0.1) is 17.8 Å². The molecular formula is C26H28N4O3. The Morgan fingerprint density at radius 1 is 0.818 bits per heavy atom. The number of hydrogen-bond donors (Lipinski definition) is 3. The third-order valence-corrected chi connectivity index (χ3v) is 5.70. The van der Waals surface area contributed by atoms with Crippen LogP contribution in [0.25, 0.3) is 0 Å². The van der Waals surface area contributed by atoms with E-state index in [0.29, 0.717) is 17.8 Å². The number of phenols is 1. The SMILES string of the molecule is O=C(CN1CCN(c2ccc(O)cc2)CC1)Nc1ccccc1C(=O)NCc1ccccc1. The standard InChI is InChI=1S/C26H28N4O3/c31-22-12-10-21(11-13-22)30-16-14-29(15-17-30)19-25(32)28-24-9-5-4-8-23(24)26(33)27-18-20-6-2-1-3-7-20/h1-13,31H,14-19H2,(H,27,33)(H,28,32). The van der Waals surface area contributed by atoms with Crippen LogP contribution >= 0.6 is 0 Å². The van der Waals surface area contributed by atoms with Gasteiger partial charge in [-0.15, -0.1) is 0 Å². The van der Waals surface area contributed by atoms with Crippen molar-refractivity contribution in [3.8, 4) is 5.75 Å². The van der Waals surface area contributed by atoms with Crippen molar-refractivity contribution in [3.05, 3.63) is 90.0 Å². The number of anilines is 2. The largest absolute Gasteiger partial charge is 0.508 e. The second-order valence-corrected chi connectivity index (χ2v) is 8.04. The van der Waals surface area contributed by atoms with E-state index in [9.17, 15) is 14.7 Å². The van der Waals surface area contributed by atoms with Gasteiger partial charge < -0.3 is 20.6 Å². The number of aromatic hydroxyl groups is 1. The van der Waals surface area contributed by atoms with Crippen molar-refractivity contribution in [3.63, 3.8) is 0 Å². The van der Waals surface area contributed by atoms with Crippen LogP contribution < -0.4 is 15.5 Å². The first-order valence-corrected chi connectivity index (χ1v) is 11.1. The average Bonchev–Trinajstić information content (AvgIpc) is 2.84. The molecule has 170 valence electrons. The number of nitrogens with zero attached hydrogens (tertiary/aromatic N) is 2. The molecule has 0 aromatic heterocycles. The predicted molar refractivity (Wildman–Crippen MR) is 129 cm³/mol. The zero-order valence-corrected chi connectivity index (χ0v) is 18.4. The van der Waals surface area contributed by atoms with E-state index in [0.717, 1.165) is 37.4 Å². The summed E-state index contributed by atoms with van der Waals surface area (Å²) in [7, 11) is 0. The Morgan fingerprint density at radius 2 is 1.48 bits per heavy atom. The fourth-order valence-corrected chi connectivity index (χ4v) is 3.88. The third kappa shape index (κ3) is 6.11. The molecule has 0 radical (unpaired) electrons. The zero-order valence-electron chi connectivity index (χ0n) is 18.4. The fourth-order valence-electron chi connectivity index (χ4n) is 3.88. The third-order valence-electron chi connectivity index (χ3n) is 5.70. The van der Waals surface area contributed by atoms with Gasteiger partial charge in [0.15, 0.2) is 0 Å². The number of phenolic OH excluding ortho intramolecular Hbond substituents is 1. The van der Waals surface area contributed by atoms with Crippen LogP contribution in [0.1, 0.15) is 15.9 Å². The molecule has 7 nitrogen and oxygen atoms in total. The average molecular weight is 445 g/mol. The molecule has 0 unspecified atom stereocenters. The summed E-state index contributed by atoms with van der Waals surface area (Å²) in [5, 5.41) is 15.3. The highest BCUT2D eigenvalue weighted by Gasteiger charge is 2.20. The monoisotopic (exact) mass is 444 g/mol. The van der Waals surface area contributed by atoms with E-state index >= 15 is 0 Å². The van der Waals surface area contributed by atoms with Crippen LogP contribution in [0.2, 0.25) is 0 Å². The lowest BCUT2D eigenvalue weighted by atomic mass is 10.1. The molecule has 0 bridgehead atoms. The summed E-state index contributed by atoms with van der Waals surface area (Å²) in [6.07, 6.45) is 0. The van der Waals surface area contributed by atoms with E-state index in [2.05, 4.69) is 20.4 Å². The molecule has 33 heavy (non-hydrogen) atoms. The number of piperazine rings is 1. The lowest BCUT2D eigenvalue weighted by Crippen LogP contribution is -2.48. The van der Waals surface area contributed by atoms with Crippen LogP contribution in [-0.4, -0.2) is 54.5 Å². The Morgan fingerprint density at radius 3 is 2.21 bits per heavy atom. The molecule has 1 aliphatic heterocycles. The number of benzene rings is 3. The summed E-state index contributed by atoms with van der Waals surface area (Å²) in [5.41, 5.74) is 3.03. The molecule has 1 fully saturated rings.